The van der Waals surface area contributed by atoms with Crippen molar-refractivity contribution in [1.29, 1.82) is 0 Å². The molecule has 6 heteroatoms. The Hall–Kier alpha value is -2.37. The summed E-state index contributed by atoms with van der Waals surface area (Å²) < 4.78 is 1.88. The molecule has 0 radical (unpaired) electrons. The molecule has 3 rings (SSSR count). The second kappa shape index (κ2) is 7.95. The zero-order valence-corrected chi connectivity index (χ0v) is 14.2. The van der Waals surface area contributed by atoms with Crippen LogP contribution >= 0.6 is 0 Å². The van der Waals surface area contributed by atoms with Gasteiger partial charge in [0, 0.05) is 31.2 Å². The molecule has 2 amide bonds. The Morgan fingerprint density at radius 1 is 1.29 bits per heavy atom. The summed E-state index contributed by atoms with van der Waals surface area (Å²) in [7, 11) is 0. The first-order valence-electron chi connectivity index (χ1n) is 8.78. The fourth-order valence-electron chi connectivity index (χ4n) is 3.25. The second-order valence-corrected chi connectivity index (χ2v) is 6.20. The molecular weight excluding hydrogens is 302 g/mol. The zero-order valence-electron chi connectivity index (χ0n) is 14.2. The molecule has 0 spiro atoms. The van der Waals surface area contributed by atoms with Crippen LogP contribution in [0.5, 0.6) is 0 Å². The van der Waals surface area contributed by atoms with E-state index in [1.807, 2.05) is 53.0 Å². The maximum atomic E-state index is 12.2. The third kappa shape index (κ3) is 3.93. The van der Waals surface area contributed by atoms with Gasteiger partial charge >= 0.3 is 6.03 Å². The molecule has 1 saturated heterocycles. The molecule has 1 aliphatic heterocycles. The number of benzene rings is 1. The van der Waals surface area contributed by atoms with Crippen molar-refractivity contribution in [3.63, 3.8) is 0 Å². The van der Waals surface area contributed by atoms with E-state index in [9.17, 15) is 4.79 Å². The number of carbonyl (C=O) groups excluding carboxylic acids is 1. The average Bonchev–Trinajstić information content (AvgIpc) is 3.10. The van der Waals surface area contributed by atoms with Crippen molar-refractivity contribution in [2.24, 2.45) is 0 Å². The Kier molecular flexibility index (Phi) is 5.46. The predicted molar refractivity (Wildman–Crippen MR) is 93.5 cm³/mol. The van der Waals surface area contributed by atoms with Gasteiger partial charge in [0.25, 0.3) is 0 Å². The number of aryl methyl sites for hydroxylation is 1. The van der Waals surface area contributed by atoms with Crippen LogP contribution in [0.15, 0.2) is 36.5 Å². The number of aromatic nitrogens is 3. The molecule has 0 saturated carbocycles. The molecule has 1 aromatic carbocycles. The first kappa shape index (κ1) is 16.5. The van der Waals surface area contributed by atoms with E-state index >= 15 is 0 Å². The van der Waals surface area contributed by atoms with Crippen molar-refractivity contribution in [1.82, 2.24) is 25.2 Å². The number of hydrogen-bond acceptors (Lipinski definition) is 3. The van der Waals surface area contributed by atoms with Gasteiger partial charge in [0.2, 0.25) is 0 Å². The minimum atomic E-state index is 0.0609. The fourth-order valence-corrected chi connectivity index (χ4v) is 3.25. The quantitative estimate of drug-likeness (QED) is 0.918. The summed E-state index contributed by atoms with van der Waals surface area (Å²) in [5.74, 6) is 0. The van der Waals surface area contributed by atoms with Crippen molar-refractivity contribution < 1.29 is 4.79 Å². The Balaban J connectivity index is 1.60. The van der Waals surface area contributed by atoms with Crippen molar-refractivity contribution in [3.05, 3.63) is 36.5 Å². The maximum Gasteiger partial charge on any atom is 0.317 e. The Morgan fingerprint density at radius 2 is 2.12 bits per heavy atom. The SMILES string of the molecule is CCNC(=O)N1CCCCC1CCn1cc(-c2ccccc2)nn1. The molecule has 1 atom stereocenters. The smallest absolute Gasteiger partial charge is 0.317 e. The number of nitrogens with zero attached hydrogens (tertiary/aromatic N) is 4. The lowest BCUT2D eigenvalue weighted by atomic mass is 10.00. The number of carbonyl (C=O) groups is 1. The van der Waals surface area contributed by atoms with Gasteiger partial charge in [-0.05, 0) is 32.6 Å². The van der Waals surface area contributed by atoms with Crippen LogP contribution in [-0.4, -0.2) is 45.1 Å². The van der Waals surface area contributed by atoms with Gasteiger partial charge in [0.15, 0.2) is 0 Å². The topological polar surface area (TPSA) is 63.1 Å². The van der Waals surface area contributed by atoms with Crippen LogP contribution in [-0.2, 0) is 6.54 Å². The Labute approximate surface area is 142 Å². The van der Waals surface area contributed by atoms with Gasteiger partial charge in [0.05, 0.1) is 6.20 Å². The van der Waals surface area contributed by atoms with Gasteiger partial charge in [-0.15, -0.1) is 5.10 Å². The molecule has 128 valence electrons. The molecule has 2 aromatic rings. The van der Waals surface area contributed by atoms with Gasteiger partial charge in [-0.1, -0.05) is 35.5 Å². The first-order chi connectivity index (χ1) is 11.8. The lowest BCUT2D eigenvalue weighted by Crippen LogP contribution is -2.48. The average molecular weight is 327 g/mol. The molecule has 2 heterocycles. The van der Waals surface area contributed by atoms with E-state index in [-0.39, 0.29) is 12.1 Å². The molecule has 0 aliphatic carbocycles. The van der Waals surface area contributed by atoms with Crippen LogP contribution in [0.2, 0.25) is 0 Å². The molecular formula is C18H25N5O. The summed E-state index contributed by atoms with van der Waals surface area (Å²) in [5.41, 5.74) is 1.96. The standard InChI is InChI=1S/C18H25N5O/c1-2-19-18(24)23-12-7-6-10-16(23)11-13-22-14-17(20-21-22)15-8-4-3-5-9-15/h3-5,8-9,14,16H,2,6-7,10-13H2,1H3,(H,19,24). The lowest BCUT2D eigenvalue weighted by molar-refractivity contribution is 0.143. The Bertz CT molecular complexity index is 654. The van der Waals surface area contributed by atoms with Crippen LogP contribution in [0.4, 0.5) is 4.79 Å². The minimum absolute atomic E-state index is 0.0609. The Morgan fingerprint density at radius 3 is 2.92 bits per heavy atom. The monoisotopic (exact) mass is 327 g/mol. The number of nitrogens with one attached hydrogen (secondary N) is 1. The van der Waals surface area contributed by atoms with Crippen molar-refractivity contribution >= 4 is 6.03 Å². The van der Waals surface area contributed by atoms with Gasteiger partial charge in [-0.3, -0.25) is 4.68 Å². The van der Waals surface area contributed by atoms with E-state index in [0.29, 0.717) is 6.54 Å². The van der Waals surface area contributed by atoms with Crippen LogP contribution in [0, 0.1) is 0 Å². The highest BCUT2D eigenvalue weighted by Gasteiger charge is 2.26. The molecule has 1 fully saturated rings. The number of hydrogen-bond donors (Lipinski definition) is 1. The third-order valence-corrected chi connectivity index (χ3v) is 4.52. The third-order valence-electron chi connectivity index (χ3n) is 4.52. The number of urea groups is 1. The van der Waals surface area contributed by atoms with E-state index in [4.69, 9.17) is 0 Å². The van der Waals surface area contributed by atoms with Crippen LogP contribution in [0.3, 0.4) is 0 Å². The number of piperidine rings is 1. The van der Waals surface area contributed by atoms with Crippen LogP contribution < -0.4 is 5.32 Å². The van der Waals surface area contributed by atoms with Gasteiger partial charge in [-0.2, -0.15) is 0 Å². The van der Waals surface area contributed by atoms with Gasteiger partial charge in [-0.25, -0.2) is 4.79 Å². The van der Waals surface area contributed by atoms with E-state index < -0.39 is 0 Å². The largest absolute Gasteiger partial charge is 0.338 e. The highest BCUT2D eigenvalue weighted by atomic mass is 16.2. The summed E-state index contributed by atoms with van der Waals surface area (Å²) in [6.07, 6.45) is 6.24. The molecule has 24 heavy (non-hydrogen) atoms. The minimum Gasteiger partial charge on any atom is -0.338 e. The predicted octanol–water partition coefficient (Wildman–Crippen LogP) is 2.92. The first-order valence-corrected chi connectivity index (χ1v) is 8.78. The summed E-state index contributed by atoms with van der Waals surface area (Å²) in [5, 5.41) is 11.4. The normalized spacial score (nSPS) is 17.7. The highest BCUT2D eigenvalue weighted by Crippen LogP contribution is 2.21. The number of likely N-dealkylation sites (tertiary alicyclic amines) is 1. The van der Waals surface area contributed by atoms with E-state index in [1.54, 1.807) is 0 Å². The maximum absolute atomic E-state index is 12.2. The van der Waals surface area contributed by atoms with Gasteiger partial charge in [0.1, 0.15) is 5.69 Å². The lowest BCUT2D eigenvalue weighted by Gasteiger charge is -2.35. The molecule has 1 aromatic heterocycles. The molecule has 1 aliphatic rings. The van der Waals surface area contributed by atoms with E-state index in [0.717, 1.165) is 43.6 Å². The van der Waals surface area contributed by atoms with Crippen molar-refractivity contribution in [3.8, 4) is 11.3 Å². The van der Waals surface area contributed by atoms with Gasteiger partial charge < -0.3 is 10.2 Å². The molecule has 6 nitrogen and oxygen atoms in total. The second-order valence-electron chi connectivity index (χ2n) is 6.20. The summed E-state index contributed by atoms with van der Waals surface area (Å²) in [4.78, 5) is 14.2. The van der Waals surface area contributed by atoms with E-state index in [2.05, 4.69) is 15.6 Å². The van der Waals surface area contributed by atoms with E-state index in [1.165, 1.54) is 6.42 Å². The summed E-state index contributed by atoms with van der Waals surface area (Å²) >= 11 is 0. The van der Waals surface area contributed by atoms with Crippen molar-refractivity contribution in [2.75, 3.05) is 13.1 Å². The zero-order chi connectivity index (χ0) is 16.8. The number of rotatable bonds is 5. The molecule has 1 N–H and O–H groups in total. The summed E-state index contributed by atoms with van der Waals surface area (Å²) in [6, 6.07) is 10.4. The molecule has 0 bridgehead atoms. The van der Waals surface area contributed by atoms with Crippen LogP contribution in [0.25, 0.3) is 11.3 Å². The highest BCUT2D eigenvalue weighted by molar-refractivity contribution is 5.74. The number of amides is 2. The fraction of sp³-hybridized carbons (Fsp3) is 0.500. The molecule has 1 unspecified atom stereocenters. The van der Waals surface area contributed by atoms with Crippen molar-refractivity contribution in [2.45, 2.75) is 45.2 Å². The van der Waals surface area contributed by atoms with Crippen LogP contribution in [0.1, 0.15) is 32.6 Å². The summed E-state index contributed by atoms with van der Waals surface area (Å²) in [6.45, 7) is 4.26.